The van der Waals surface area contributed by atoms with E-state index in [0.717, 1.165) is 16.5 Å². The van der Waals surface area contributed by atoms with Gasteiger partial charge in [-0.25, -0.2) is 0 Å². The minimum absolute atomic E-state index is 0.415. The molecule has 0 bridgehead atoms. The molecule has 4 nitrogen and oxygen atoms in total. The molecule has 5 heteroatoms. The van der Waals surface area contributed by atoms with Crippen molar-refractivity contribution in [3.8, 4) is 0 Å². The minimum atomic E-state index is -0.780. The van der Waals surface area contributed by atoms with E-state index < -0.39 is 11.4 Å². The average molecular weight is 237 g/mol. The number of aromatic amines is 1. The van der Waals surface area contributed by atoms with E-state index >= 15 is 0 Å². The van der Waals surface area contributed by atoms with Crippen LogP contribution < -0.4 is 0 Å². The van der Waals surface area contributed by atoms with Gasteiger partial charge in [-0.1, -0.05) is 23.7 Å². The number of nitrogens with one attached hydrogen (secondary N) is 1. The van der Waals surface area contributed by atoms with Gasteiger partial charge >= 0.3 is 5.97 Å². The number of H-pyrrole nitrogens is 1. The predicted molar refractivity (Wildman–Crippen MR) is 59.7 cm³/mol. The fraction of sp³-hybridized carbons (Fsp3) is 0.273. The summed E-state index contributed by atoms with van der Waals surface area (Å²) in [6.07, 6.45) is 1.34. The molecule has 1 saturated carbocycles. The summed E-state index contributed by atoms with van der Waals surface area (Å²) in [7, 11) is 0. The highest BCUT2D eigenvalue weighted by Crippen LogP contribution is 2.51. The van der Waals surface area contributed by atoms with Gasteiger partial charge in [0.15, 0.2) is 0 Å². The number of carboxylic acid groups (broad SMARTS) is 1. The number of carbonyl (C=O) groups is 1. The summed E-state index contributed by atoms with van der Waals surface area (Å²) in [5, 5.41) is 17.1. The zero-order chi connectivity index (χ0) is 11.3. The van der Waals surface area contributed by atoms with E-state index in [0.29, 0.717) is 18.0 Å². The second-order valence-electron chi connectivity index (χ2n) is 4.12. The summed E-state index contributed by atoms with van der Waals surface area (Å²) >= 11 is 6.01. The van der Waals surface area contributed by atoms with E-state index in [4.69, 9.17) is 11.6 Å². The molecule has 1 heterocycles. The third-order valence-electron chi connectivity index (χ3n) is 3.21. The van der Waals surface area contributed by atoms with E-state index in [-0.39, 0.29) is 0 Å². The van der Waals surface area contributed by atoms with Crippen molar-refractivity contribution in [2.75, 3.05) is 0 Å². The fourth-order valence-corrected chi connectivity index (χ4v) is 2.39. The molecule has 0 spiro atoms. The smallest absolute Gasteiger partial charge is 0.314 e. The van der Waals surface area contributed by atoms with Crippen LogP contribution in [0, 0.1) is 0 Å². The first-order chi connectivity index (χ1) is 7.65. The molecule has 1 aromatic heterocycles. The van der Waals surface area contributed by atoms with Crippen LogP contribution in [0.15, 0.2) is 18.2 Å². The van der Waals surface area contributed by atoms with Crippen molar-refractivity contribution in [2.45, 2.75) is 18.3 Å². The fourth-order valence-electron chi connectivity index (χ4n) is 2.15. The Hall–Kier alpha value is -1.55. The molecule has 0 radical (unpaired) electrons. The maximum Gasteiger partial charge on any atom is 0.314 e. The van der Waals surface area contributed by atoms with Crippen molar-refractivity contribution in [1.82, 2.24) is 10.2 Å². The number of benzene rings is 1. The molecule has 0 aliphatic heterocycles. The first-order valence-corrected chi connectivity index (χ1v) is 5.39. The summed E-state index contributed by atoms with van der Waals surface area (Å²) in [4.78, 5) is 11.3. The van der Waals surface area contributed by atoms with E-state index in [1.807, 2.05) is 18.2 Å². The Labute approximate surface area is 96.2 Å². The lowest BCUT2D eigenvalue weighted by atomic mass is 9.93. The molecule has 2 N–H and O–H groups in total. The lowest BCUT2D eigenvalue weighted by Gasteiger charge is -2.11. The second kappa shape index (κ2) is 2.98. The van der Waals surface area contributed by atoms with Crippen LogP contribution >= 0.6 is 11.6 Å². The Morgan fingerprint density at radius 1 is 1.50 bits per heavy atom. The van der Waals surface area contributed by atoms with Gasteiger partial charge in [0.05, 0.1) is 10.9 Å². The molecular weight excluding hydrogens is 228 g/mol. The van der Waals surface area contributed by atoms with Crippen LogP contribution in [-0.4, -0.2) is 21.3 Å². The van der Waals surface area contributed by atoms with Crippen LogP contribution in [-0.2, 0) is 10.2 Å². The van der Waals surface area contributed by atoms with Gasteiger partial charge in [0, 0.05) is 5.39 Å². The van der Waals surface area contributed by atoms with E-state index in [9.17, 15) is 9.90 Å². The zero-order valence-electron chi connectivity index (χ0n) is 8.33. The molecule has 3 rings (SSSR count). The Morgan fingerprint density at radius 2 is 2.25 bits per heavy atom. The van der Waals surface area contributed by atoms with Gasteiger partial charge in [-0.15, -0.1) is 0 Å². The average Bonchev–Trinajstić information content (AvgIpc) is 3.00. The van der Waals surface area contributed by atoms with Crippen LogP contribution in [0.1, 0.15) is 18.4 Å². The van der Waals surface area contributed by atoms with Crippen LogP contribution in [0.4, 0.5) is 0 Å². The van der Waals surface area contributed by atoms with Gasteiger partial charge in [0.25, 0.3) is 0 Å². The third kappa shape index (κ3) is 1.10. The van der Waals surface area contributed by atoms with Crippen molar-refractivity contribution in [2.24, 2.45) is 0 Å². The maximum absolute atomic E-state index is 11.3. The number of carboxylic acids is 1. The quantitative estimate of drug-likeness (QED) is 0.841. The van der Waals surface area contributed by atoms with Gasteiger partial charge in [0.2, 0.25) is 0 Å². The standard InChI is InChI=1S/C11H9ClN2O2/c12-9-8-6(11(4-5-11)10(15)16)2-1-3-7(8)13-14-9/h1-3H,4-5H2,(H,13,14)(H,15,16). The van der Waals surface area contributed by atoms with Crippen molar-refractivity contribution < 1.29 is 9.90 Å². The highest BCUT2D eigenvalue weighted by Gasteiger charge is 2.52. The molecular formula is C11H9ClN2O2. The van der Waals surface area contributed by atoms with Crippen LogP contribution in [0.2, 0.25) is 5.15 Å². The number of aromatic nitrogens is 2. The lowest BCUT2D eigenvalue weighted by Crippen LogP contribution is -2.19. The molecule has 16 heavy (non-hydrogen) atoms. The predicted octanol–water partition coefficient (Wildman–Crippen LogP) is 2.33. The Bertz CT molecular complexity index is 587. The molecule has 82 valence electrons. The van der Waals surface area contributed by atoms with Crippen molar-refractivity contribution in [3.05, 3.63) is 28.9 Å². The maximum atomic E-state index is 11.3. The molecule has 1 aromatic carbocycles. The van der Waals surface area contributed by atoms with E-state index in [1.165, 1.54) is 0 Å². The van der Waals surface area contributed by atoms with Gasteiger partial charge in [-0.3, -0.25) is 9.89 Å². The van der Waals surface area contributed by atoms with E-state index in [2.05, 4.69) is 10.2 Å². The number of fused-ring (bicyclic) bond motifs is 1. The van der Waals surface area contributed by atoms with Crippen LogP contribution in [0.3, 0.4) is 0 Å². The van der Waals surface area contributed by atoms with Crippen molar-refractivity contribution in [1.29, 1.82) is 0 Å². The molecule has 0 unspecified atom stereocenters. The summed E-state index contributed by atoms with van der Waals surface area (Å²) < 4.78 is 0. The van der Waals surface area contributed by atoms with E-state index in [1.54, 1.807) is 0 Å². The van der Waals surface area contributed by atoms with Crippen molar-refractivity contribution in [3.63, 3.8) is 0 Å². The minimum Gasteiger partial charge on any atom is -0.481 e. The molecule has 1 aliphatic carbocycles. The Morgan fingerprint density at radius 3 is 2.88 bits per heavy atom. The summed E-state index contributed by atoms with van der Waals surface area (Å²) in [6, 6.07) is 5.46. The normalized spacial score (nSPS) is 17.6. The first kappa shape index (κ1) is 9.66. The highest BCUT2D eigenvalue weighted by molar-refractivity contribution is 6.34. The Balaban J connectivity index is 2.32. The van der Waals surface area contributed by atoms with Gasteiger partial charge in [-0.05, 0) is 24.5 Å². The SMILES string of the molecule is O=C(O)C1(c2cccc3n[nH]c(Cl)c23)CC1. The first-order valence-electron chi connectivity index (χ1n) is 5.02. The number of rotatable bonds is 2. The lowest BCUT2D eigenvalue weighted by molar-refractivity contribution is -0.139. The monoisotopic (exact) mass is 236 g/mol. The summed E-state index contributed by atoms with van der Waals surface area (Å²) in [6.45, 7) is 0. The molecule has 0 atom stereocenters. The molecule has 0 saturated heterocycles. The van der Waals surface area contributed by atoms with Gasteiger partial charge < -0.3 is 5.11 Å². The number of halogens is 1. The summed E-state index contributed by atoms with van der Waals surface area (Å²) in [5.41, 5.74) is 0.749. The Kier molecular flexibility index (Phi) is 1.80. The number of nitrogens with zero attached hydrogens (tertiary/aromatic N) is 1. The molecule has 0 amide bonds. The number of hydrogen-bond acceptors (Lipinski definition) is 2. The van der Waals surface area contributed by atoms with Crippen LogP contribution in [0.25, 0.3) is 10.9 Å². The zero-order valence-corrected chi connectivity index (χ0v) is 9.08. The number of aliphatic carboxylic acids is 1. The van der Waals surface area contributed by atoms with Gasteiger partial charge in [0.1, 0.15) is 5.15 Å². The highest BCUT2D eigenvalue weighted by atomic mass is 35.5. The topological polar surface area (TPSA) is 66.0 Å². The summed E-state index contributed by atoms with van der Waals surface area (Å²) in [5.74, 6) is -0.780. The third-order valence-corrected chi connectivity index (χ3v) is 3.48. The molecule has 2 aromatic rings. The largest absolute Gasteiger partial charge is 0.481 e. The van der Waals surface area contributed by atoms with Crippen molar-refractivity contribution >= 4 is 28.5 Å². The number of hydrogen-bond donors (Lipinski definition) is 2. The van der Waals surface area contributed by atoms with Crippen LogP contribution in [0.5, 0.6) is 0 Å². The van der Waals surface area contributed by atoms with Gasteiger partial charge in [-0.2, -0.15) is 5.10 Å². The molecule has 1 aliphatic rings. The molecule has 1 fully saturated rings. The second-order valence-corrected chi connectivity index (χ2v) is 4.50.